The molecule has 194 valence electrons. The molecular formula is C26H33N3O6S. The second-order valence-electron chi connectivity index (χ2n) is 8.37. The van der Waals surface area contributed by atoms with E-state index in [1.165, 1.54) is 6.20 Å². The molecule has 0 fully saturated rings. The third-order valence-corrected chi connectivity index (χ3v) is 7.29. The predicted octanol–water partition coefficient (Wildman–Crippen LogP) is 3.11. The fourth-order valence-corrected chi connectivity index (χ4v) is 5.26. The maximum atomic E-state index is 13.4. The molecule has 0 atom stereocenters. The molecular weight excluding hydrogens is 482 g/mol. The normalized spacial score (nSPS) is 11.4. The summed E-state index contributed by atoms with van der Waals surface area (Å²) in [5.74, 6) is 0.170. The van der Waals surface area contributed by atoms with Crippen LogP contribution in [0.4, 0.5) is 0 Å². The van der Waals surface area contributed by atoms with Gasteiger partial charge >= 0.3 is 0 Å². The maximum Gasteiger partial charge on any atom is 0.254 e. The lowest BCUT2D eigenvalue weighted by Gasteiger charge is -2.23. The largest absolute Gasteiger partial charge is 0.497 e. The number of hydrogen-bond acceptors (Lipinski definition) is 7. The van der Waals surface area contributed by atoms with Crippen molar-refractivity contribution in [2.75, 3.05) is 41.1 Å². The van der Waals surface area contributed by atoms with Crippen LogP contribution in [0.1, 0.15) is 27.2 Å². The van der Waals surface area contributed by atoms with Crippen LogP contribution in [0.15, 0.2) is 59.9 Å². The lowest BCUT2D eigenvalue weighted by Crippen LogP contribution is -2.34. The minimum atomic E-state index is -3.75. The molecule has 0 spiro atoms. The highest BCUT2D eigenvalue weighted by atomic mass is 32.2. The van der Waals surface area contributed by atoms with Crippen LogP contribution in [0.3, 0.4) is 0 Å². The lowest BCUT2D eigenvalue weighted by atomic mass is 10.2. The molecule has 0 bridgehead atoms. The first-order valence-corrected chi connectivity index (χ1v) is 13.2. The Hall–Kier alpha value is -3.21. The minimum absolute atomic E-state index is 0.0457. The van der Waals surface area contributed by atoms with Gasteiger partial charge in [0, 0.05) is 32.9 Å². The number of benzene rings is 2. The molecule has 3 rings (SSSR count). The van der Waals surface area contributed by atoms with Crippen molar-refractivity contribution < 1.29 is 27.4 Å². The average Bonchev–Trinajstić information content (AvgIpc) is 3.29. The van der Waals surface area contributed by atoms with E-state index in [1.807, 2.05) is 19.1 Å². The molecule has 36 heavy (non-hydrogen) atoms. The van der Waals surface area contributed by atoms with E-state index >= 15 is 0 Å². The number of methoxy groups -OCH3 is 3. The van der Waals surface area contributed by atoms with Gasteiger partial charge in [0.15, 0.2) is 0 Å². The molecule has 0 unspecified atom stereocenters. The molecule has 2 aromatic carbocycles. The standard InChI is InChI=1S/C26H33N3O6S/c1-20-8-10-21(11-9-20)19-36(31,32)26-27-17-23(29(26)13-15-34-3)18-28(12-14-33-2)25(30)22-6-5-7-24(16-22)35-4/h5-11,16-17H,12-15,18-19H2,1-4H3. The van der Waals surface area contributed by atoms with Gasteiger partial charge in [-0.3, -0.25) is 4.79 Å². The van der Waals surface area contributed by atoms with Crippen molar-refractivity contribution in [3.63, 3.8) is 0 Å². The average molecular weight is 516 g/mol. The number of sulfone groups is 1. The summed E-state index contributed by atoms with van der Waals surface area (Å²) < 4.78 is 44.0. The minimum Gasteiger partial charge on any atom is -0.497 e. The van der Waals surface area contributed by atoms with Gasteiger partial charge in [-0.05, 0) is 30.7 Å². The quantitative estimate of drug-likeness (QED) is 0.345. The molecule has 3 aromatic rings. The zero-order valence-electron chi connectivity index (χ0n) is 21.1. The number of aryl methyl sites for hydroxylation is 1. The van der Waals surface area contributed by atoms with E-state index in [9.17, 15) is 13.2 Å². The van der Waals surface area contributed by atoms with Crippen molar-refractivity contribution in [3.05, 3.63) is 77.1 Å². The molecule has 0 aliphatic carbocycles. The Balaban J connectivity index is 1.93. The van der Waals surface area contributed by atoms with E-state index in [0.29, 0.717) is 35.7 Å². The highest BCUT2D eigenvalue weighted by Crippen LogP contribution is 2.21. The van der Waals surface area contributed by atoms with Gasteiger partial charge in [0.25, 0.3) is 5.91 Å². The Bertz CT molecular complexity index is 1250. The first-order chi connectivity index (χ1) is 17.3. The molecule has 1 aromatic heterocycles. The van der Waals surface area contributed by atoms with Gasteiger partial charge in [0.2, 0.25) is 15.0 Å². The van der Waals surface area contributed by atoms with Gasteiger partial charge in [-0.25, -0.2) is 13.4 Å². The van der Waals surface area contributed by atoms with E-state index in [-0.39, 0.29) is 36.5 Å². The summed E-state index contributed by atoms with van der Waals surface area (Å²) in [5, 5.41) is -0.0457. The van der Waals surface area contributed by atoms with Gasteiger partial charge < -0.3 is 23.7 Å². The second kappa shape index (κ2) is 12.7. The van der Waals surface area contributed by atoms with Crippen molar-refractivity contribution in [1.82, 2.24) is 14.5 Å². The zero-order chi connectivity index (χ0) is 26.1. The summed E-state index contributed by atoms with van der Waals surface area (Å²) in [5.41, 5.74) is 2.78. The lowest BCUT2D eigenvalue weighted by molar-refractivity contribution is 0.0674. The van der Waals surface area contributed by atoms with Crippen LogP contribution >= 0.6 is 0 Å². The van der Waals surface area contributed by atoms with E-state index in [4.69, 9.17) is 14.2 Å². The zero-order valence-corrected chi connectivity index (χ0v) is 22.0. The number of amides is 1. The number of rotatable bonds is 13. The SMILES string of the molecule is COCCN(Cc1cnc(S(=O)(=O)Cc2ccc(C)cc2)n1CCOC)C(=O)c1cccc(OC)c1. The van der Waals surface area contributed by atoms with Crippen LogP contribution < -0.4 is 4.74 Å². The first kappa shape index (κ1) is 27.4. The van der Waals surface area contributed by atoms with Crippen LogP contribution in [0.2, 0.25) is 0 Å². The van der Waals surface area contributed by atoms with Gasteiger partial charge in [-0.1, -0.05) is 35.9 Å². The number of carbonyl (C=O) groups excluding carboxylic acids is 1. The molecule has 0 saturated heterocycles. The molecule has 0 radical (unpaired) electrons. The summed E-state index contributed by atoms with van der Waals surface area (Å²) in [7, 11) is 0.904. The van der Waals surface area contributed by atoms with Crippen molar-refractivity contribution in [1.29, 1.82) is 0 Å². The number of aromatic nitrogens is 2. The summed E-state index contributed by atoms with van der Waals surface area (Å²) >= 11 is 0. The molecule has 0 N–H and O–H groups in total. The van der Waals surface area contributed by atoms with Gasteiger partial charge in [0.1, 0.15) is 5.75 Å². The molecule has 10 heteroatoms. The molecule has 0 aliphatic heterocycles. The van der Waals surface area contributed by atoms with E-state index in [0.717, 1.165) is 5.56 Å². The van der Waals surface area contributed by atoms with E-state index in [1.54, 1.807) is 67.2 Å². The highest BCUT2D eigenvalue weighted by Gasteiger charge is 2.26. The number of ether oxygens (including phenoxy) is 3. The Morgan fingerprint density at radius 1 is 1.03 bits per heavy atom. The van der Waals surface area contributed by atoms with Crippen LogP contribution in [-0.4, -0.2) is 69.9 Å². The third-order valence-electron chi connectivity index (χ3n) is 5.70. The van der Waals surface area contributed by atoms with Gasteiger partial charge in [-0.2, -0.15) is 0 Å². The fourth-order valence-electron chi connectivity index (χ4n) is 3.74. The Morgan fingerprint density at radius 2 is 1.75 bits per heavy atom. The summed E-state index contributed by atoms with van der Waals surface area (Å²) in [6.45, 7) is 3.30. The molecule has 0 saturated carbocycles. The molecule has 1 amide bonds. The maximum absolute atomic E-state index is 13.4. The van der Waals surface area contributed by atoms with E-state index < -0.39 is 9.84 Å². The number of hydrogen-bond donors (Lipinski definition) is 0. The van der Waals surface area contributed by atoms with Crippen molar-refractivity contribution in [2.24, 2.45) is 0 Å². The number of imidazole rings is 1. The Labute approximate surface area is 212 Å². The monoisotopic (exact) mass is 515 g/mol. The predicted molar refractivity (Wildman–Crippen MR) is 136 cm³/mol. The molecule has 9 nitrogen and oxygen atoms in total. The molecule has 0 aliphatic rings. The van der Waals surface area contributed by atoms with Crippen LogP contribution in [0.25, 0.3) is 0 Å². The summed E-state index contributed by atoms with van der Waals surface area (Å²) in [6.07, 6.45) is 1.51. The van der Waals surface area contributed by atoms with Crippen molar-refractivity contribution >= 4 is 15.7 Å². The summed E-state index contributed by atoms with van der Waals surface area (Å²) in [6, 6.07) is 14.3. The highest BCUT2D eigenvalue weighted by molar-refractivity contribution is 7.90. The van der Waals surface area contributed by atoms with E-state index in [2.05, 4.69) is 4.98 Å². The van der Waals surface area contributed by atoms with Gasteiger partial charge in [0.05, 0.1) is 44.5 Å². The smallest absolute Gasteiger partial charge is 0.254 e. The fraction of sp³-hybridized carbons (Fsp3) is 0.385. The van der Waals surface area contributed by atoms with Crippen molar-refractivity contribution in [3.8, 4) is 5.75 Å². The van der Waals surface area contributed by atoms with Crippen molar-refractivity contribution in [2.45, 2.75) is 30.9 Å². The second-order valence-corrected chi connectivity index (χ2v) is 10.3. The third kappa shape index (κ3) is 6.93. The van der Waals surface area contributed by atoms with Crippen LogP contribution in [-0.2, 0) is 38.2 Å². The van der Waals surface area contributed by atoms with Crippen LogP contribution in [0.5, 0.6) is 5.75 Å². The Kier molecular flexibility index (Phi) is 9.63. The van der Waals surface area contributed by atoms with Gasteiger partial charge in [-0.15, -0.1) is 0 Å². The topological polar surface area (TPSA) is 100.0 Å². The number of carbonyl (C=O) groups is 1. The van der Waals surface area contributed by atoms with Crippen LogP contribution in [0, 0.1) is 6.92 Å². The first-order valence-electron chi connectivity index (χ1n) is 11.5. The Morgan fingerprint density at radius 3 is 2.42 bits per heavy atom. The number of nitrogens with zero attached hydrogens (tertiary/aromatic N) is 3. The summed E-state index contributed by atoms with van der Waals surface area (Å²) in [4.78, 5) is 19.2. The molecule has 1 heterocycles.